The number of unbranched alkanes of at least 4 members (excludes halogenated alkanes) is 1. The number of nitrogens with two attached hydrogens (primary N) is 1. The van der Waals surface area contributed by atoms with Crippen LogP contribution in [0.5, 0.6) is 5.75 Å². The van der Waals surface area contributed by atoms with Gasteiger partial charge in [0.2, 0.25) is 0 Å². The zero-order chi connectivity index (χ0) is 12.7. The maximum Gasteiger partial charge on any atom is 0.122 e. The molecule has 0 aliphatic carbocycles. The molecule has 17 heavy (non-hydrogen) atoms. The third-order valence-electron chi connectivity index (χ3n) is 2.48. The standard InChI is InChI=1S/C15H21NO/c1-4-5-6-9-17-15-8-7-12(2)10-14(15)11-13(3)16/h1,7-8,10,13H,5-6,9,11,16H2,2-3H3. The summed E-state index contributed by atoms with van der Waals surface area (Å²) in [5.74, 6) is 3.55. The van der Waals surface area contributed by atoms with E-state index in [4.69, 9.17) is 16.9 Å². The Hall–Kier alpha value is -1.46. The Morgan fingerprint density at radius 3 is 2.88 bits per heavy atom. The second-order valence-corrected chi connectivity index (χ2v) is 4.45. The topological polar surface area (TPSA) is 35.2 Å². The summed E-state index contributed by atoms with van der Waals surface area (Å²) in [4.78, 5) is 0. The minimum Gasteiger partial charge on any atom is -0.493 e. The number of ether oxygens (including phenoxy) is 1. The Morgan fingerprint density at radius 2 is 2.24 bits per heavy atom. The highest BCUT2D eigenvalue weighted by Crippen LogP contribution is 2.21. The van der Waals surface area contributed by atoms with Crippen molar-refractivity contribution in [2.24, 2.45) is 5.73 Å². The molecule has 0 heterocycles. The molecule has 1 rings (SSSR count). The lowest BCUT2D eigenvalue weighted by Gasteiger charge is -2.13. The summed E-state index contributed by atoms with van der Waals surface area (Å²) in [7, 11) is 0. The SMILES string of the molecule is C#CCCCOc1ccc(C)cc1CC(C)N. The van der Waals surface area contributed by atoms with E-state index in [0.717, 1.165) is 25.0 Å². The zero-order valence-corrected chi connectivity index (χ0v) is 10.7. The van der Waals surface area contributed by atoms with Crippen molar-refractivity contribution in [1.82, 2.24) is 0 Å². The normalized spacial score (nSPS) is 11.9. The third kappa shape index (κ3) is 4.93. The van der Waals surface area contributed by atoms with E-state index in [1.165, 1.54) is 11.1 Å². The van der Waals surface area contributed by atoms with Gasteiger partial charge < -0.3 is 10.5 Å². The predicted molar refractivity (Wildman–Crippen MR) is 72.1 cm³/mol. The van der Waals surface area contributed by atoms with E-state index in [1.807, 2.05) is 13.0 Å². The van der Waals surface area contributed by atoms with Gasteiger partial charge in [-0.25, -0.2) is 0 Å². The number of hydrogen-bond acceptors (Lipinski definition) is 2. The molecule has 2 nitrogen and oxygen atoms in total. The van der Waals surface area contributed by atoms with E-state index in [2.05, 4.69) is 25.0 Å². The van der Waals surface area contributed by atoms with Crippen molar-refractivity contribution in [3.8, 4) is 18.1 Å². The van der Waals surface area contributed by atoms with E-state index in [-0.39, 0.29) is 6.04 Å². The number of rotatable bonds is 6. The molecule has 1 unspecified atom stereocenters. The Morgan fingerprint density at radius 1 is 1.47 bits per heavy atom. The van der Waals surface area contributed by atoms with E-state index in [0.29, 0.717) is 6.61 Å². The fourth-order valence-corrected chi connectivity index (χ4v) is 1.71. The summed E-state index contributed by atoms with van der Waals surface area (Å²) in [6.07, 6.45) is 7.69. The van der Waals surface area contributed by atoms with E-state index in [1.54, 1.807) is 0 Å². The van der Waals surface area contributed by atoms with Crippen LogP contribution in [0.2, 0.25) is 0 Å². The van der Waals surface area contributed by atoms with Crippen LogP contribution in [0.25, 0.3) is 0 Å². The summed E-state index contributed by atoms with van der Waals surface area (Å²) in [5.41, 5.74) is 8.25. The van der Waals surface area contributed by atoms with Crippen molar-refractivity contribution in [2.45, 2.75) is 39.2 Å². The van der Waals surface area contributed by atoms with E-state index in [9.17, 15) is 0 Å². The van der Waals surface area contributed by atoms with Gasteiger partial charge in [-0.2, -0.15) is 0 Å². The summed E-state index contributed by atoms with van der Waals surface area (Å²) < 4.78 is 5.74. The van der Waals surface area contributed by atoms with Gasteiger partial charge in [-0.05, 0) is 38.3 Å². The Bertz CT molecular complexity index is 390. The van der Waals surface area contributed by atoms with Gasteiger partial charge in [0.25, 0.3) is 0 Å². The van der Waals surface area contributed by atoms with Crippen LogP contribution in [0.15, 0.2) is 18.2 Å². The molecular weight excluding hydrogens is 210 g/mol. The van der Waals surface area contributed by atoms with Gasteiger partial charge in [0.1, 0.15) is 5.75 Å². The Balaban J connectivity index is 2.66. The molecule has 92 valence electrons. The highest BCUT2D eigenvalue weighted by Gasteiger charge is 2.06. The minimum absolute atomic E-state index is 0.143. The Kier molecular flexibility index (Phi) is 5.59. The van der Waals surface area contributed by atoms with Gasteiger partial charge in [0.05, 0.1) is 6.61 Å². The van der Waals surface area contributed by atoms with Crippen molar-refractivity contribution >= 4 is 0 Å². The molecule has 1 aromatic carbocycles. The van der Waals surface area contributed by atoms with E-state index >= 15 is 0 Å². The molecule has 0 fully saturated rings. The van der Waals surface area contributed by atoms with Crippen LogP contribution < -0.4 is 10.5 Å². The molecule has 0 radical (unpaired) electrons. The molecule has 0 saturated carbocycles. The first-order valence-corrected chi connectivity index (χ1v) is 6.05. The molecule has 0 aliphatic rings. The first kappa shape index (κ1) is 13.6. The van der Waals surface area contributed by atoms with Gasteiger partial charge in [-0.3, -0.25) is 0 Å². The second kappa shape index (κ2) is 6.98. The summed E-state index contributed by atoms with van der Waals surface area (Å²) in [5, 5.41) is 0. The van der Waals surface area contributed by atoms with Gasteiger partial charge in [-0.15, -0.1) is 12.3 Å². The van der Waals surface area contributed by atoms with Crippen molar-refractivity contribution in [3.63, 3.8) is 0 Å². The molecule has 1 aromatic rings. The molecule has 0 amide bonds. The molecule has 2 heteroatoms. The zero-order valence-electron chi connectivity index (χ0n) is 10.7. The van der Waals surface area contributed by atoms with Crippen molar-refractivity contribution in [3.05, 3.63) is 29.3 Å². The van der Waals surface area contributed by atoms with Crippen molar-refractivity contribution in [1.29, 1.82) is 0 Å². The molecule has 0 aromatic heterocycles. The molecular formula is C15H21NO. The molecule has 0 bridgehead atoms. The maximum atomic E-state index is 5.84. The first-order valence-electron chi connectivity index (χ1n) is 6.05. The van der Waals surface area contributed by atoms with Crippen LogP contribution in [0.3, 0.4) is 0 Å². The highest BCUT2D eigenvalue weighted by molar-refractivity contribution is 5.37. The summed E-state index contributed by atoms with van der Waals surface area (Å²) in [6.45, 7) is 4.75. The van der Waals surface area contributed by atoms with Crippen molar-refractivity contribution in [2.75, 3.05) is 6.61 Å². The van der Waals surface area contributed by atoms with Crippen molar-refractivity contribution < 1.29 is 4.74 Å². The smallest absolute Gasteiger partial charge is 0.122 e. The molecule has 0 saturated heterocycles. The van der Waals surface area contributed by atoms with Crippen LogP contribution in [0.1, 0.15) is 30.9 Å². The number of aryl methyl sites for hydroxylation is 1. The summed E-state index contributed by atoms with van der Waals surface area (Å²) >= 11 is 0. The quantitative estimate of drug-likeness (QED) is 0.603. The van der Waals surface area contributed by atoms with Gasteiger partial charge in [-0.1, -0.05) is 17.7 Å². The molecule has 1 atom stereocenters. The largest absolute Gasteiger partial charge is 0.493 e. The first-order chi connectivity index (χ1) is 8.13. The fourth-order valence-electron chi connectivity index (χ4n) is 1.71. The molecule has 2 N–H and O–H groups in total. The average molecular weight is 231 g/mol. The van der Waals surface area contributed by atoms with Gasteiger partial charge in [0.15, 0.2) is 0 Å². The van der Waals surface area contributed by atoms with Crippen LogP contribution in [-0.4, -0.2) is 12.6 Å². The van der Waals surface area contributed by atoms with Crippen LogP contribution >= 0.6 is 0 Å². The highest BCUT2D eigenvalue weighted by atomic mass is 16.5. The Labute approximate surface area is 104 Å². The monoisotopic (exact) mass is 231 g/mol. The molecule has 0 aliphatic heterocycles. The lowest BCUT2D eigenvalue weighted by Crippen LogP contribution is -2.18. The third-order valence-corrected chi connectivity index (χ3v) is 2.48. The summed E-state index contributed by atoms with van der Waals surface area (Å²) in [6, 6.07) is 6.36. The average Bonchev–Trinajstić information content (AvgIpc) is 2.26. The lowest BCUT2D eigenvalue weighted by molar-refractivity contribution is 0.309. The van der Waals surface area contributed by atoms with E-state index < -0.39 is 0 Å². The fraction of sp³-hybridized carbons (Fsp3) is 0.467. The molecule has 0 spiro atoms. The minimum atomic E-state index is 0.143. The number of benzene rings is 1. The van der Waals surface area contributed by atoms with Gasteiger partial charge in [0, 0.05) is 12.5 Å². The number of terminal acetylenes is 1. The van der Waals surface area contributed by atoms with Crippen LogP contribution in [0.4, 0.5) is 0 Å². The predicted octanol–water partition coefficient (Wildman–Crippen LogP) is 2.68. The van der Waals surface area contributed by atoms with Crippen LogP contribution in [-0.2, 0) is 6.42 Å². The number of hydrogen-bond donors (Lipinski definition) is 1. The second-order valence-electron chi connectivity index (χ2n) is 4.45. The maximum absolute atomic E-state index is 5.84. The lowest BCUT2D eigenvalue weighted by atomic mass is 10.0. The van der Waals surface area contributed by atoms with Crippen LogP contribution in [0, 0.1) is 19.3 Å². The van der Waals surface area contributed by atoms with Gasteiger partial charge >= 0.3 is 0 Å².